The summed E-state index contributed by atoms with van der Waals surface area (Å²) in [7, 11) is 0. The lowest BCUT2D eigenvalue weighted by atomic mass is 9.96. The molecule has 1 atom stereocenters. The first-order valence-corrected chi connectivity index (χ1v) is 7.53. The molecule has 0 radical (unpaired) electrons. The molecule has 0 saturated heterocycles. The Balaban J connectivity index is 2.03. The van der Waals surface area contributed by atoms with E-state index in [1.54, 1.807) is 0 Å². The molecule has 0 aromatic heterocycles. The second kappa shape index (κ2) is 7.63. The molecule has 2 aromatic rings. The summed E-state index contributed by atoms with van der Waals surface area (Å²) in [5.41, 5.74) is 2.22. The minimum atomic E-state index is 0.0794. The van der Waals surface area contributed by atoms with Gasteiger partial charge in [0.15, 0.2) is 0 Å². The number of carbonyl (C=O) groups is 1. The minimum Gasteiger partial charge on any atom is -0.349 e. The van der Waals surface area contributed by atoms with E-state index in [9.17, 15) is 4.79 Å². The van der Waals surface area contributed by atoms with Gasteiger partial charge in [0.1, 0.15) is 0 Å². The van der Waals surface area contributed by atoms with E-state index in [1.807, 2.05) is 48.5 Å². The van der Waals surface area contributed by atoms with Crippen molar-refractivity contribution in [2.45, 2.75) is 32.7 Å². The fourth-order valence-corrected chi connectivity index (χ4v) is 2.46. The summed E-state index contributed by atoms with van der Waals surface area (Å²) in [6.45, 7) is 4.36. The first-order chi connectivity index (χ1) is 10.1. The molecule has 21 heavy (non-hydrogen) atoms. The van der Waals surface area contributed by atoms with Gasteiger partial charge < -0.3 is 5.32 Å². The average Bonchev–Trinajstić information content (AvgIpc) is 2.48. The first kappa shape index (κ1) is 15.3. The molecule has 0 saturated carbocycles. The molecule has 0 unspecified atom stereocenters. The Morgan fingerprint density at radius 2 is 1.52 bits per heavy atom. The van der Waals surface area contributed by atoms with Gasteiger partial charge in [-0.25, -0.2) is 0 Å². The molecule has 110 valence electrons. The van der Waals surface area contributed by atoms with E-state index in [1.165, 1.54) is 5.56 Å². The molecule has 2 rings (SSSR count). The molecule has 0 aliphatic heterocycles. The van der Waals surface area contributed by atoms with Crippen LogP contribution in [0, 0.1) is 5.92 Å². The molecule has 1 N–H and O–H groups in total. The van der Waals surface area contributed by atoms with Gasteiger partial charge in [0.2, 0.25) is 5.91 Å². The lowest BCUT2D eigenvalue weighted by Crippen LogP contribution is -2.30. The fourth-order valence-electron chi connectivity index (χ4n) is 2.46. The normalized spacial score (nSPS) is 12.1. The van der Waals surface area contributed by atoms with Gasteiger partial charge in [0.25, 0.3) is 0 Å². The number of hydrogen-bond acceptors (Lipinski definition) is 1. The van der Waals surface area contributed by atoms with E-state index in [4.69, 9.17) is 0 Å². The molecule has 0 bridgehead atoms. The SMILES string of the molecule is CC(C)C[C@@H](NC(=O)Cc1ccccc1)c1ccccc1. The van der Waals surface area contributed by atoms with Crippen LogP contribution in [0.25, 0.3) is 0 Å². The molecule has 0 aliphatic rings. The van der Waals surface area contributed by atoms with Crippen molar-refractivity contribution in [1.29, 1.82) is 0 Å². The highest BCUT2D eigenvalue weighted by atomic mass is 16.1. The highest BCUT2D eigenvalue weighted by Crippen LogP contribution is 2.21. The van der Waals surface area contributed by atoms with Crippen molar-refractivity contribution in [2.24, 2.45) is 5.92 Å². The number of hydrogen-bond donors (Lipinski definition) is 1. The van der Waals surface area contributed by atoms with Gasteiger partial charge in [-0.15, -0.1) is 0 Å². The summed E-state index contributed by atoms with van der Waals surface area (Å²) >= 11 is 0. The fraction of sp³-hybridized carbons (Fsp3) is 0.316. The number of amides is 1. The zero-order valence-corrected chi connectivity index (χ0v) is 12.8. The van der Waals surface area contributed by atoms with E-state index in [0.717, 1.165) is 12.0 Å². The maximum atomic E-state index is 12.3. The summed E-state index contributed by atoms with van der Waals surface area (Å²) < 4.78 is 0. The Morgan fingerprint density at radius 3 is 2.10 bits per heavy atom. The second-order valence-corrected chi connectivity index (χ2v) is 5.82. The monoisotopic (exact) mass is 281 g/mol. The van der Waals surface area contributed by atoms with Crippen LogP contribution in [0.5, 0.6) is 0 Å². The quantitative estimate of drug-likeness (QED) is 0.847. The molecule has 2 nitrogen and oxygen atoms in total. The lowest BCUT2D eigenvalue weighted by Gasteiger charge is -2.21. The number of benzene rings is 2. The van der Waals surface area contributed by atoms with E-state index in [2.05, 4.69) is 31.3 Å². The highest BCUT2D eigenvalue weighted by Gasteiger charge is 2.16. The van der Waals surface area contributed by atoms with Crippen LogP contribution in [0.4, 0.5) is 0 Å². The Morgan fingerprint density at radius 1 is 0.952 bits per heavy atom. The molecule has 0 fully saturated rings. The van der Waals surface area contributed by atoms with Gasteiger partial charge in [-0.2, -0.15) is 0 Å². The predicted molar refractivity (Wildman–Crippen MR) is 86.9 cm³/mol. The zero-order valence-electron chi connectivity index (χ0n) is 12.8. The molecule has 1 amide bonds. The summed E-state index contributed by atoms with van der Waals surface area (Å²) in [5, 5.41) is 3.17. The van der Waals surface area contributed by atoms with Crippen LogP contribution in [0.1, 0.15) is 37.4 Å². The summed E-state index contributed by atoms with van der Waals surface area (Å²) in [4.78, 5) is 12.3. The van der Waals surface area contributed by atoms with E-state index in [-0.39, 0.29) is 11.9 Å². The molecule has 0 aliphatic carbocycles. The Hall–Kier alpha value is -2.09. The average molecular weight is 281 g/mol. The summed E-state index contributed by atoms with van der Waals surface area (Å²) in [6, 6.07) is 20.1. The highest BCUT2D eigenvalue weighted by molar-refractivity contribution is 5.79. The molecule has 0 heterocycles. The van der Waals surface area contributed by atoms with E-state index in [0.29, 0.717) is 12.3 Å². The minimum absolute atomic E-state index is 0.0794. The van der Waals surface area contributed by atoms with Crippen molar-refractivity contribution in [3.8, 4) is 0 Å². The lowest BCUT2D eigenvalue weighted by molar-refractivity contribution is -0.121. The van der Waals surface area contributed by atoms with Crippen LogP contribution in [0.15, 0.2) is 60.7 Å². The van der Waals surface area contributed by atoms with Gasteiger partial charge in [0, 0.05) is 0 Å². The topological polar surface area (TPSA) is 29.1 Å². The molecule has 0 spiro atoms. The van der Waals surface area contributed by atoms with Crippen LogP contribution in [0.2, 0.25) is 0 Å². The van der Waals surface area contributed by atoms with Crippen molar-refractivity contribution in [3.05, 3.63) is 71.8 Å². The number of carbonyl (C=O) groups excluding carboxylic acids is 1. The van der Waals surface area contributed by atoms with Crippen LogP contribution in [0.3, 0.4) is 0 Å². The zero-order chi connectivity index (χ0) is 15.1. The first-order valence-electron chi connectivity index (χ1n) is 7.53. The summed E-state index contributed by atoms with van der Waals surface area (Å²) in [6.07, 6.45) is 1.38. The third kappa shape index (κ3) is 5.07. The van der Waals surface area contributed by atoms with Gasteiger partial charge in [0.05, 0.1) is 12.5 Å². The van der Waals surface area contributed by atoms with Crippen molar-refractivity contribution in [1.82, 2.24) is 5.32 Å². The summed E-state index contributed by atoms with van der Waals surface area (Å²) in [5.74, 6) is 0.614. The number of rotatable bonds is 6. The van der Waals surface area contributed by atoms with Gasteiger partial charge in [-0.3, -0.25) is 4.79 Å². The molecular weight excluding hydrogens is 258 g/mol. The third-order valence-corrected chi connectivity index (χ3v) is 3.45. The van der Waals surface area contributed by atoms with Crippen molar-refractivity contribution in [3.63, 3.8) is 0 Å². The van der Waals surface area contributed by atoms with E-state index >= 15 is 0 Å². The smallest absolute Gasteiger partial charge is 0.224 e. The van der Waals surface area contributed by atoms with Crippen LogP contribution < -0.4 is 5.32 Å². The predicted octanol–water partition coefficient (Wildman–Crippen LogP) is 4.13. The largest absolute Gasteiger partial charge is 0.349 e. The van der Waals surface area contributed by atoms with Crippen LogP contribution >= 0.6 is 0 Å². The van der Waals surface area contributed by atoms with Crippen molar-refractivity contribution >= 4 is 5.91 Å². The standard InChI is InChI=1S/C19H23NO/c1-15(2)13-18(17-11-7-4-8-12-17)20-19(21)14-16-9-5-3-6-10-16/h3-12,15,18H,13-14H2,1-2H3,(H,20,21)/t18-/m1/s1. The van der Waals surface area contributed by atoms with Crippen LogP contribution in [-0.2, 0) is 11.2 Å². The van der Waals surface area contributed by atoms with Crippen molar-refractivity contribution < 1.29 is 4.79 Å². The van der Waals surface area contributed by atoms with Crippen molar-refractivity contribution in [2.75, 3.05) is 0 Å². The number of nitrogens with one attached hydrogen (secondary N) is 1. The van der Waals surface area contributed by atoms with Gasteiger partial charge in [-0.1, -0.05) is 74.5 Å². The second-order valence-electron chi connectivity index (χ2n) is 5.82. The van der Waals surface area contributed by atoms with Crippen LogP contribution in [-0.4, -0.2) is 5.91 Å². The molecule has 2 aromatic carbocycles. The van der Waals surface area contributed by atoms with E-state index < -0.39 is 0 Å². The Bertz CT molecular complexity index is 548. The Labute approximate surface area is 127 Å². The maximum absolute atomic E-state index is 12.3. The third-order valence-electron chi connectivity index (χ3n) is 3.45. The maximum Gasteiger partial charge on any atom is 0.224 e. The molecular formula is C19H23NO. The van der Waals surface area contributed by atoms with Gasteiger partial charge in [-0.05, 0) is 23.5 Å². The molecule has 2 heteroatoms. The van der Waals surface area contributed by atoms with Gasteiger partial charge >= 0.3 is 0 Å². The Kier molecular flexibility index (Phi) is 5.56.